The number of likely N-dealkylation sites (tertiary alicyclic amines) is 1. The summed E-state index contributed by atoms with van der Waals surface area (Å²) in [5, 5.41) is 2.83. The molecular formula is C11H22N2O3S. The summed E-state index contributed by atoms with van der Waals surface area (Å²) in [5.41, 5.74) is 0. The maximum atomic E-state index is 11.6. The van der Waals surface area contributed by atoms with Crippen LogP contribution in [0.1, 0.15) is 26.2 Å². The van der Waals surface area contributed by atoms with Gasteiger partial charge in [0.1, 0.15) is 9.84 Å². The number of carbonyl (C=O) groups excluding carboxylic acids is 1. The minimum atomic E-state index is -2.89. The van der Waals surface area contributed by atoms with Crippen molar-refractivity contribution in [2.75, 3.05) is 31.6 Å². The Morgan fingerprint density at radius 3 is 2.41 bits per heavy atom. The normalized spacial score (nSPS) is 18.1. The van der Waals surface area contributed by atoms with Crippen LogP contribution in [0.3, 0.4) is 0 Å². The Labute approximate surface area is 103 Å². The average Bonchev–Trinajstić information content (AvgIpc) is 2.24. The number of urea groups is 1. The van der Waals surface area contributed by atoms with Crippen LogP contribution in [0.2, 0.25) is 0 Å². The first-order valence-corrected chi connectivity index (χ1v) is 8.19. The van der Waals surface area contributed by atoms with Gasteiger partial charge in [-0.05, 0) is 25.2 Å². The van der Waals surface area contributed by atoms with Gasteiger partial charge in [0.05, 0.1) is 5.75 Å². The molecule has 5 nitrogen and oxygen atoms in total. The summed E-state index contributed by atoms with van der Waals surface area (Å²) < 4.78 is 22.3. The second kappa shape index (κ2) is 6.23. The minimum absolute atomic E-state index is 0.0235. The summed E-state index contributed by atoms with van der Waals surface area (Å²) in [4.78, 5) is 13.4. The van der Waals surface area contributed by atoms with Crippen LogP contribution in [0.15, 0.2) is 0 Å². The molecule has 0 aromatic heterocycles. The smallest absolute Gasteiger partial charge is 0.317 e. The van der Waals surface area contributed by atoms with Gasteiger partial charge in [0, 0.05) is 25.9 Å². The van der Waals surface area contributed by atoms with Gasteiger partial charge < -0.3 is 10.2 Å². The molecule has 1 rings (SSSR count). The van der Waals surface area contributed by atoms with E-state index in [2.05, 4.69) is 5.32 Å². The van der Waals surface area contributed by atoms with Crippen LogP contribution >= 0.6 is 0 Å². The lowest BCUT2D eigenvalue weighted by Gasteiger charge is -2.31. The van der Waals surface area contributed by atoms with Gasteiger partial charge in [0.25, 0.3) is 0 Å². The molecule has 0 saturated carbocycles. The van der Waals surface area contributed by atoms with Crippen LogP contribution in [0, 0.1) is 5.92 Å². The fraction of sp³-hybridized carbons (Fsp3) is 0.909. The molecule has 1 saturated heterocycles. The molecule has 1 fully saturated rings. The zero-order chi connectivity index (χ0) is 12.9. The number of hydrogen-bond donors (Lipinski definition) is 1. The number of hydrogen-bond acceptors (Lipinski definition) is 3. The second-order valence-corrected chi connectivity index (χ2v) is 6.94. The molecule has 2 amide bonds. The molecule has 1 aliphatic rings. The van der Waals surface area contributed by atoms with Crippen molar-refractivity contribution >= 4 is 15.9 Å². The maximum absolute atomic E-state index is 11.6. The van der Waals surface area contributed by atoms with Gasteiger partial charge in [0.15, 0.2) is 0 Å². The van der Waals surface area contributed by atoms with Crippen LogP contribution in [0.25, 0.3) is 0 Å². The topological polar surface area (TPSA) is 66.5 Å². The van der Waals surface area contributed by atoms with Gasteiger partial charge in [-0.2, -0.15) is 0 Å². The van der Waals surface area contributed by atoms with Crippen LogP contribution in [0.4, 0.5) is 4.79 Å². The lowest BCUT2D eigenvalue weighted by atomic mass is 9.99. The molecule has 6 heteroatoms. The zero-order valence-corrected chi connectivity index (χ0v) is 11.4. The van der Waals surface area contributed by atoms with Crippen molar-refractivity contribution in [1.82, 2.24) is 10.2 Å². The fourth-order valence-corrected chi connectivity index (χ4v) is 3.26. The van der Waals surface area contributed by atoms with E-state index in [0.717, 1.165) is 19.3 Å². The Morgan fingerprint density at radius 2 is 1.94 bits per heavy atom. The molecule has 0 aromatic carbocycles. The molecule has 1 N–H and O–H groups in total. The number of sulfone groups is 1. The van der Waals surface area contributed by atoms with E-state index in [1.54, 1.807) is 4.90 Å². The maximum Gasteiger partial charge on any atom is 0.317 e. The van der Waals surface area contributed by atoms with Gasteiger partial charge in [0.2, 0.25) is 0 Å². The van der Waals surface area contributed by atoms with Crippen LogP contribution in [0.5, 0.6) is 0 Å². The molecule has 0 radical (unpaired) electrons. The van der Waals surface area contributed by atoms with E-state index in [0.29, 0.717) is 19.6 Å². The number of amides is 2. The highest BCUT2D eigenvalue weighted by atomic mass is 32.2. The van der Waals surface area contributed by atoms with Gasteiger partial charge in [-0.3, -0.25) is 0 Å². The number of nitrogens with zero attached hydrogens (tertiary/aromatic N) is 1. The van der Waals surface area contributed by atoms with Crippen molar-refractivity contribution in [3.05, 3.63) is 0 Å². The first-order valence-electron chi connectivity index (χ1n) is 6.13. The van der Waals surface area contributed by atoms with E-state index in [4.69, 9.17) is 0 Å². The second-order valence-electron chi connectivity index (χ2n) is 4.75. The molecule has 0 spiro atoms. The van der Waals surface area contributed by atoms with Crippen molar-refractivity contribution < 1.29 is 13.2 Å². The number of piperidine rings is 1. The van der Waals surface area contributed by atoms with E-state index in [1.807, 2.05) is 6.92 Å². The van der Waals surface area contributed by atoms with E-state index in [9.17, 15) is 13.2 Å². The molecule has 1 aliphatic heterocycles. The Morgan fingerprint density at radius 1 is 1.35 bits per heavy atom. The predicted molar refractivity (Wildman–Crippen MR) is 67.7 cm³/mol. The first kappa shape index (κ1) is 14.3. The van der Waals surface area contributed by atoms with E-state index in [1.165, 1.54) is 6.26 Å². The highest BCUT2D eigenvalue weighted by Gasteiger charge is 2.24. The number of carbonyl (C=O) groups is 1. The minimum Gasteiger partial charge on any atom is -0.338 e. The molecule has 0 atom stereocenters. The highest BCUT2D eigenvalue weighted by Crippen LogP contribution is 2.18. The van der Waals surface area contributed by atoms with Crippen molar-refractivity contribution in [2.24, 2.45) is 5.92 Å². The molecular weight excluding hydrogens is 240 g/mol. The third-order valence-electron chi connectivity index (χ3n) is 2.97. The third-order valence-corrected chi connectivity index (χ3v) is 4.04. The summed E-state index contributed by atoms with van der Waals surface area (Å²) in [6, 6.07) is -0.0235. The lowest BCUT2D eigenvalue weighted by Crippen LogP contribution is -2.45. The standard InChI is InChI=1S/C11H22N2O3S/c1-3-6-12-11(14)13-7-4-10(5-8-13)9-17(2,15)16/h10H,3-9H2,1-2H3,(H,12,14). The Kier molecular flexibility index (Phi) is 5.24. The summed E-state index contributed by atoms with van der Waals surface area (Å²) in [7, 11) is -2.89. The molecule has 100 valence electrons. The summed E-state index contributed by atoms with van der Waals surface area (Å²) in [5.74, 6) is 0.456. The van der Waals surface area contributed by atoms with Crippen molar-refractivity contribution in [3.63, 3.8) is 0 Å². The van der Waals surface area contributed by atoms with Crippen LogP contribution in [-0.2, 0) is 9.84 Å². The Bertz CT molecular complexity index is 346. The average molecular weight is 262 g/mol. The molecule has 17 heavy (non-hydrogen) atoms. The molecule has 0 aliphatic carbocycles. The largest absolute Gasteiger partial charge is 0.338 e. The molecule has 0 aromatic rings. The third kappa shape index (κ3) is 5.39. The zero-order valence-electron chi connectivity index (χ0n) is 10.6. The Balaban J connectivity index is 2.33. The van der Waals surface area contributed by atoms with E-state index < -0.39 is 9.84 Å². The highest BCUT2D eigenvalue weighted by molar-refractivity contribution is 7.90. The van der Waals surface area contributed by atoms with Crippen LogP contribution < -0.4 is 5.32 Å². The van der Waals surface area contributed by atoms with Crippen molar-refractivity contribution in [3.8, 4) is 0 Å². The predicted octanol–water partition coefficient (Wildman–Crippen LogP) is 0.863. The lowest BCUT2D eigenvalue weighted by molar-refractivity contribution is 0.174. The van der Waals surface area contributed by atoms with Crippen LogP contribution in [-0.4, -0.2) is 51.0 Å². The fourth-order valence-electron chi connectivity index (χ4n) is 2.07. The first-order chi connectivity index (χ1) is 7.92. The quantitative estimate of drug-likeness (QED) is 0.817. The van der Waals surface area contributed by atoms with Gasteiger partial charge >= 0.3 is 6.03 Å². The van der Waals surface area contributed by atoms with Gasteiger partial charge in [-0.1, -0.05) is 6.92 Å². The summed E-state index contributed by atoms with van der Waals surface area (Å²) in [6.07, 6.45) is 3.77. The number of nitrogens with one attached hydrogen (secondary N) is 1. The molecule has 1 heterocycles. The van der Waals surface area contributed by atoms with E-state index in [-0.39, 0.29) is 17.7 Å². The Hall–Kier alpha value is -0.780. The van der Waals surface area contributed by atoms with Crippen molar-refractivity contribution in [1.29, 1.82) is 0 Å². The summed E-state index contributed by atoms with van der Waals surface area (Å²) >= 11 is 0. The number of rotatable bonds is 4. The van der Waals surface area contributed by atoms with Crippen molar-refractivity contribution in [2.45, 2.75) is 26.2 Å². The monoisotopic (exact) mass is 262 g/mol. The van der Waals surface area contributed by atoms with E-state index >= 15 is 0 Å². The molecule has 0 bridgehead atoms. The molecule has 0 unspecified atom stereocenters. The van der Waals surface area contributed by atoms with Gasteiger partial charge in [-0.15, -0.1) is 0 Å². The van der Waals surface area contributed by atoms with Gasteiger partial charge in [-0.25, -0.2) is 13.2 Å². The SMILES string of the molecule is CCCNC(=O)N1CCC(CS(C)(=O)=O)CC1. The summed E-state index contributed by atoms with van der Waals surface area (Å²) in [6.45, 7) is 4.03.